The number of nitrogens with one attached hydrogen (secondary N) is 1. The van der Waals surface area contributed by atoms with E-state index in [1.807, 2.05) is 4.91 Å². The minimum Gasteiger partial charge on any atom is -0.480 e. The van der Waals surface area contributed by atoms with E-state index in [4.69, 9.17) is 10.6 Å². The van der Waals surface area contributed by atoms with Crippen molar-refractivity contribution in [1.82, 2.24) is 0 Å². The van der Waals surface area contributed by atoms with Gasteiger partial charge in [0.05, 0.1) is 4.92 Å². The molecule has 0 heterocycles. The maximum absolute atomic E-state index is 13.7. The van der Waals surface area contributed by atoms with Crippen molar-refractivity contribution in [2.45, 2.75) is 0 Å². The van der Waals surface area contributed by atoms with Crippen molar-refractivity contribution in [2.24, 2.45) is 5.11 Å². The lowest BCUT2D eigenvalue weighted by Crippen LogP contribution is -2.15. The third-order valence-corrected chi connectivity index (χ3v) is 2.02. The Hall–Kier alpha value is -3.01. The van der Waals surface area contributed by atoms with E-state index < -0.39 is 52.0 Å². The number of benzene rings is 1. The van der Waals surface area contributed by atoms with Crippen molar-refractivity contribution < 1.29 is 28.0 Å². The van der Waals surface area contributed by atoms with Crippen molar-refractivity contribution >= 4 is 23.0 Å². The lowest BCUT2D eigenvalue weighted by molar-refractivity contribution is -0.387. The van der Waals surface area contributed by atoms with Gasteiger partial charge in [0.25, 0.3) is 0 Å². The van der Waals surface area contributed by atoms with Crippen LogP contribution < -0.4 is 5.32 Å². The molecule has 106 valence electrons. The third kappa shape index (κ3) is 2.70. The SMILES string of the molecule is [N-]=[N+]=Nc1c(F)c(F)c([N+](=O)[O-])c(NCC(=O)O)c1F. The van der Waals surface area contributed by atoms with Crippen LogP contribution in [0.1, 0.15) is 0 Å². The molecule has 9 nitrogen and oxygen atoms in total. The molecular formula is C8H4F3N5O4. The summed E-state index contributed by atoms with van der Waals surface area (Å²) in [6.45, 7) is -1.00. The molecule has 2 N–H and O–H groups in total. The largest absolute Gasteiger partial charge is 0.480 e. The minimum absolute atomic E-state index is 1.00. The number of rotatable bonds is 5. The molecule has 1 aromatic carbocycles. The Labute approximate surface area is 107 Å². The first-order valence-electron chi connectivity index (χ1n) is 4.66. The smallest absolute Gasteiger partial charge is 0.333 e. The van der Waals surface area contributed by atoms with Gasteiger partial charge in [-0.05, 0) is 5.53 Å². The number of nitro benzene ring substituents is 1. The second-order valence-corrected chi connectivity index (χ2v) is 3.21. The molecule has 0 aliphatic carbocycles. The molecule has 0 saturated heterocycles. The van der Waals surface area contributed by atoms with Gasteiger partial charge in [0.15, 0.2) is 17.3 Å². The van der Waals surface area contributed by atoms with Crippen molar-refractivity contribution in [3.63, 3.8) is 0 Å². The number of carboxylic acids is 1. The number of carboxylic acid groups (broad SMARTS) is 1. The summed E-state index contributed by atoms with van der Waals surface area (Å²) >= 11 is 0. The van der Waals surface area contributed by atoms with Gasteiger partial charge in [-0.1, -0.05) is 5.11 Å². The molecule has 0 unspecified atom stereocenters. The molecule has 0 spiro atoms. The highest BCUT2D eigenvalue weighted by Crippen LogP contribution is 2.39. The summed E-state index contributed by atoms with van der Waals surface area (Å²) in [4.78, 5) is 21.5. The van der Waals surface area contributed by atoms with Gasteiger partial charge in [0.1, 0.15) is 12.2 Å². The van der Waals surface area contributed by atoms with Crippen LogP contribution in [-0.2, 0) is 4.79 Å². The number of hydrogen-bond acceptors (Lipinski definition) is 5. The van der Waals surface area contributed by atoms with Crippen molar-refractivity contribution in [3.05, 3.63) is 38.0 Å². The molecule has 0 aliphatic heterocycles. The lowest BCUT2D eigenvalue weighted by Gasteiger charge is -2.09. The number of nitrogens with zero attached hydrogens (tertiary/aromatic N) is 4. The number of carbonyl (C=O) groups is 1. The van der Waals surface area contributed by atoms with Crippen LogP contribution in [0.2, 0.25) is 0 Å². The third-order valence-electron chi connectivity index (χ3n) is 2.02. The predicted molar refractivity (Wildman–Crippen MR) is 57.9 cm³/mol. The standard InChI is InChI=1S/C8H4F3N5O4/c9-3-4(10)8(16(19)20)7(13-1-2(17)18)5(11)6(3)14-15-12/h13H,1H2,(H,17,18). The van der Waals surface area contributed by atoms with Gasteiger partial charge in [-0.15, -0.1) is 0 Å². The van der Waals surface area contributed by atoms with Gasteiger partial charge < -0.3 is 10.4 Å². The maximum Gasteiger partial charge on any atom is 0.333 e. The second-order valence-electron chi connectivity index (χ2n) is 3.21. The topological polar surface area (TPSA) is 141 Å². The van der Waals surface area contributed by atoms with Crippen LogP contribution in [0.5, 0.6) is 0 Å². The number of hydrogen-bond donors (Lipinski definition) is 2. The van der Waals surface area contributed by atoms with Gasteiger partial charge in [-0.3, -0.25) is 14.9 Å². The summed E-state index contributed by atoms with van der Waals surface area (Å²) in [5, 5.41) is 23.2. The second kappa shape index (κ2) is 5.75. The fourth-order valence-corrected chi connectivity index (χ4v) is 1.27. The highest BCUT2D eigenvalue weighted by molar-refractivity contribution is 5.77. The van der Waals surface area contributed by atoms with E-state index in [1.54, 1.807) is 5.32 Å². The highest BCUT2D eigenvalue weighted by atomic mass is 19.2. The van der Waals surface area contributed by atoms with Gasteiger partial charge in [-0.2, -0.15) is 4.39 Å². The molecule has 0 amide bonds. The molecule has 0 bridgehead atoms. The summed E-state index contributed by atoms with van der Waals surface area (Å²) in [6, 6.07) is 0. The summed E-state index contributed by atoms with van der Waals surface area (Å²) in [5.41, 5.74) is 3.81. The maximum atomic E-state index is 13.7. The van der Waals surface area contributed by atoms with E-state index >= 15 is 0 Å². The predicted octanol–water partition coefficient (Wildman–Crippen LogP) is 2.45. The first-order valence-corrected chi connectivity index (χ1v) is 4.66. The van der Waals surface area contributed by atoms with Crippen molar-refractivity contribution in [1.29, 1.82) is 0 Å². The quantitative estimate of drug-likeness (QED) is 0.214. The zero-order chi connectivity index (χ0) is 15.4. The van der Waals surface area contributed by atoms with E-state index in [1.165, 1.54) is 0 Å². The van der Waals surface area contributed by atoms with E-state index in [0.29, 0.717) is 0 Å². The summed E-state index contributed by atoms with van der Waals surface area (Å²) in [5.74, 6) is -7.43. The van der Waals surface area contributed by atoms with Crippen LogP contribution in [0.15, 0.2) is 5.11 Å². The fourth-order valence-electron chi connectivity index (χ4n) is 1.27. The van der Waals surface area contributed by atoms with Crippen molar-refractivity contribution in [2.75, 3.05) is 11.9 Å². The van der Waals surface area contributed by atoms with Crippen LogP contribution in [0, 0.1) is 27.6 Å². The molecule has 0 aromatic heterocycles. The van der Waals surface area contributed by atoms with E-state index in [2.05, 4.69) is 5.11 Å². The molecule has 0 radical (unpaired) electrons. The van der Waals surface area contributed by atoms with Crippen LogP contribution >= 0.6 is 0 Å². The fraction of sp³-hybridized carbons (Fsp3) is 0.125. The number of anilines is 1. The molecule has 0 fully saturated rings. The number of aliphatic carboxylic acids is 1. The Kier molecular flexibility index (Phi) is 4.33. The first-order chi connectivity index (χ1) is 9.31. The van der Waals surface area contributed by atoms with Gasteiger partial charge in [0.2, 0.25) is 5.82 Å². The zero-order valence-electron chi connectivity index (χ0n) is 9.30. The van der Waals surface area contributed by atoms with Gasteiger partial charge in [-0.25, -0.2) is 8.78 Å². The zero-order valence-corrected chi connectivity index (χ0v) is 9.30. The van der Waals surface area contributed by atoms with Crippen molar-refractivity contribution in [3.8, 4) is 0 Å². The lowest BCUT2D eigenvalue weighted by atomic mass is 10.2. The Balaban J connectivity index is 3.63. The van der Waals surface area contributed by atoms with E-state index in [-0.39, 0.29) is 0 Å². The normalized spacial score (nSPS) is 9.75. The summed E-state index contributed by atoms with van der Waals surface area (Å²) < 4.78 is 40.5. The van der Waals surface area contributed by atoms with Gasteiger partial charge in [0, 0.05) is 4.91 Å². The Morgan fingerprint density at radius 2 is 2.00 bits per heavy atom. The van der Waals surface area contributed by atoms with Crippen LogP contribution in [0.4, 0.5) is 30.2 Å². The van der Waals surface area contributed by atoms with Crippen LogP contribution in [0.25, 0.3) is 10.4 Å². The molecule has 12 heteroatoms. The highest BCUT2D eigenvalue weighted by Gasteiger charge is 2.32. The average molecular weight is 291 g/mol. The summed E-state index contributed by atoms with van der Waals surface area (Å²) in [7, 11) is 0. The Morgan fingerprint density at radius 3 is 2.45 bits per heavy atom. The number of azide groups is 1. The molecule has 1 rings (SSSR count). The van der Waals surface area contributed by atoms with Gasteiger partial charge >= 0.3 is 11.7 Å². The molecule has 0 aliphatic rings. The molecule has 0 atom stereocenters. The Morgan fingerprint density at radius 1 is 1.40 bits per heavy atom. The summed E-state index contributed by atoms with van der Waals surface area (Å²) in [6.07, 6.45) is 0. The minimum atomic E-state index is -2.08. The average Bonchev–Trinajstić information content (AvgIpc) is 2.36. The van der Waals surface area contributed by atoms with Crippen LogP contribution in [0.3, 0.4) is 0 Å². The monoisotopic (exact) mass is 291 g/mol. The molecule has 1 aromatic rings. The molecular weight excluding hydrogens is 287 g/mol. The van der Waals surface area contributed by atoms with E-state index in [9.17, 15) is 28.1 Å². The van der Waals surface area contributed by atoms with Crippen LogP contribution in [-0.4, -0.2) is 22.5 Å². The first kappa shape index (κ1) is 15.0. The number of halogens is 3. The molecule has 20 heavy (non-hydrogen) atoms. The molecule has 0 saturated carbocycles. The number of nitro groups is 1. The van der Waals surface area contributed by atoms with E-state index in [0.717, 1.165) is 0 Å². The Bertz CT molecular complexity index is 644.